The summed E-state index contributed by atoms with van der Waals surface area (Å²) in [6, 6.07) is 11.2. The fourth-order valence-electron chi connectivity index (χ4n) is 4.07. The van der Waals surface area contributed by atoms with Gasteiger partial charge in [0.1, 0.15) is 0 Å². The van der Waals surface area contributed by atoms with E-state index >= 15 is 0 Å². The molecular formula is C20H20ClNO5S. The van der Waals surface area contributed by atoms with Crippen LogP contribution in [0.5, 0.6) is 11.5 Å². The predicted molar refractivity (Wildman–Crippen MR) is 105 cm³/mol. The van der Waals surface area contributed by atoms with E-state index in [9.17, 15) is 13.2 Å². The highest BCUT2D eigenvalue weighted by atomic mass is 35.5. The normalized spacial score (nSPS) is 26.4. The lowest BCUT2D eigenvalue weighted by Crippen LogP contribution is -2.64. The Labute approximate surface area is 168 Å². The number of carbonyl (C=O) groups is 1. The molecule has 3 unspecified atom stereocenters. The minimum atomic E-state index is -3.95. The van der Waals surface area contributed by atoms with Crippen LogP contribution in [-0.4, -0.2) is 44.4 Å². The fraction of sp³-hybridized carbons (Fsp3) is 0.350. The van der Waals surface area contributed by atoms with E-state index in [1.54, 1.807) is 32.2 Å². The van der Waals surface area contributed by atoms with Gasteiger partial charge in [0.05, 0.1) is 12.0 Å². The molecule has 2 bridgehead atoms. The summed E-state index contributed by atoms with van der Waals surface area (Å²) in [4.78, 5) is 14.7. The fourth-order valence-corrected chi connectivity index (χ4v) is 6.10. The molecule has 8 heteroatoms. The van der Waals surface area contributed by atoms with E-state index in [0.717, 1.165) is 0 Å². The third kappa shape index (κ3) is 2.68. The van der Waals surface area contributed by atoms with Crippen LogP contribution in [0.1, 0.15) is 24.8 Å². The Kier molecular flexibility index (Phi) is 4.35. The molecule has 0 aromatic heterocycles. The minimum Gasteiger partial charge on any atom is -0.493 e. The molecule has 0 radical (unpaired) electrons. The van der Waals surface area contributed by atoms with Crippen molar-refractivity contribution < 1.29 is 22.7 Å². The Hall–Kier alpha value is -2.25. The van der Waals surface area contributed by atoms with Gasteiger partial charge in [-0.15, -0.1) is 0 Å². The van der Waals surface area contributed by atoms with Crippen LogP contribution in [0.3, 0.4) is 0 Å². The van der Waals surface area contributed by atoms with Crippen LogP contribution in [0, 0.1) is 0 Å². The maximum atomic E-state index is 13.5. The second-order valence-electron chi connectivity index (χ2n) is 7.28. The van der Waals surface area contributed by atoms with Crippen molar-refractivity contribution in [3.05, 3.63) is 53.1 Å². The number of benzene rings is 2. The number of fused-ring (bicyclic) bond motifs is 4. The summed E-state index contributed by atoms with van der Waals surface area (Å²) in [6.07, 6.45) is 0.368. The van der Waals surface area contributed by atoms with Gasteiger partial charge >= 0.3 is 0 Å². The van der Waals surface area contributed by atoms with Crippen molar-refractivity contribution in [1.82, 2.24) is 4.90 Å². The van der Waals surface area contributed by atoms with E-state index in [0.29, 0.717) is 28.5 Å². The van der Waals surface area contributed by atoms with Gasteiger partial charge < -0.3 is 14.4 Å². The first-order valence-electron chi connectivity index (χ1n) is 8.82. The molecule has 3 atom stereocenters. The standard InChI is InChI=1S/C20H20ClNO5S/c1-20-11-15(14-5-4-6-16(26-3)17(14)27-20)18(19(23)22(20)2)28(24,25)13-9-7-12(21)8-10-13/h4-10,15,18H,11H2,1-3H3. The van der Waals surface area contributed by atoms with Gasteiger partial charge in [0.2, 0.25) is 5.91 Å². The predicted octanol–water partition coefficient (Wildman–Crippen LogP) is 3.25. The first-order chi connectivity index (χ1) is 13.2. The number of rotatable bonds is 3. The van der Waals surface area contributed by atoms with Gasteiger partial charge in [-0.1, -0.05) is 23.7 Å². The molecule has 148 valence electrons. The lowest BCUT2D eigenvalue weighted by Gasteiger charge is -2.51. The van der Waals surface area contributed by atoms with Gasteiger partial charge in [-0.25, -0.2) is 8.42 Å². The monoisotopic (exact) mass is 421 g/mol. The van der Waals surface area contributed by atoms with E-state index in [-0.39, 0.29) is 4.90 Å². The van der Waals surface area contributed by atoms with E-state index in [1.807, 2.05) is 0 Å². The van der Waals surface area contributed by atoms with Crippen LogP contribution in [0.15, 0.2) is 47.4 Å². The van der Waals surface area contributed by atoms with Gasteiger partial charge in [-0.3, -0.25) is 4.79 Å². The molecule has 0 N–H and O–H groups in total. The van der Waals surface area contributed by atoms with Crippen molar-refractivity contribution in [2.24, 2.45) is 0 Å². The molecule has 0 aliphatic carbocycles. The van der Waals surface area contributed by atoms with E-state index in [2.05, 4.69) is 0 Å². The molecule has 1 fully saturated rings. The number of amides is 1. The summed E-state index contributed by atoms with van der Waals surface area (Å²) in [5.41, 5.74) is -0.282. The van der Waals surface area contributed by atoms with Crippen molar-refractivity contribution >= 4 is 27.3 Å². The number of halogens is 1. The third-order valence-corrected chi connectivity index (χ3v) is 8.05. The highest BCUT2D eigenvalue weighted by molar-refractivity contribution is 7.92. The molecule has 2 aromatic carbocycles. The summed E-state index contributed by atoms with van der Waals surface area (Å²) >= 11 is 5.90. The zero-order chi connectivity index (χ0) is 20.3. The Balaban J connectivity index is 1.91. The number of para-hydroxylation sites is 1. The van der Waals surface area contributed by atoms with Gasteiger partial charge in [-0.2, -0.15) is 0 Å². The first kappa shape index (κ1) is 19.1. The smallest absolute Gasteiger partial charge is 0.244 e. The zero-order valence-electron chi connectivity index (χ0n) is 15.7. The van der Waals surface area contributed by atoms with E-state index < -0.39 is 32.6 Å². The number of piperidine rings is 1. The van der Waals surface area contributed by atoms with Crippen LogP contribution in [0.2, 0.25) is 5.02 Å². The summed E-state index contributed by atoms with van der Waals surface area (Å²) in [7, 11) is -0.844. The molecule has 2 aliphatic heterocycles. The maximum Gasteiger partial charge on any atom is 0.244 e. The number of hydrogen-bond donors (Lipinski definition) is 0. The minimum absolute atomic E-state index is 0.0724. The molecule has 28 heavy (non-hydrogen) atoms. The van der Waals surface area contributed by atoms with Crippen LogP contribution < -0.4 is 9.47 Å². The number of carbonyl (C=O) groups excluding carboxylic acids is 1. The molecule has 2 aromatic rings. The Bertz CT molecular complexity index is 1050. The summed E-state index contributed by atoms with van der Waals surface area (Å²) in [5, 5.41) is -0.818. The summed E-state index contributed by atoms with van der Waals surface area (Å²) < 4.78 is 38.5. The average Bonchev–Trinajstić information content (AvgIpc) is 2.66. The number of sulfone groups is 1. The van der Waals surface area contributed by atoms with Crippen molar-refractivity contribution in [2.45, 2.75) is 35.1 Å². The van der Waals surface area contributed by atoms with Crippen molar-refractivity contribution in [2.75, 3.05) is 14.2 Å². The van der Waals surface area contributed by atoms with Crippen molar-refractivity contribution in [3.63, 3.8) is 0 Å². The van der Waals surface area contributed by atoms with Gasteiger partial charge in [-0.05, 0) is 37.3 Å². The van der Waals surface area contributed by atoms with Crippen LogP contribution in [0.25, 0.3) is 0 Å². The SMILES string of the molecule is COc1cccc2c1OC1(C)CC2C(S(=O)(=O)c2ccc(Cl)cc2)C(=O)N1C. The number of methoxy groups -OCH3 is 1. The van der Waals surface area contributed by atoms with Crippen LogP contribution >= 0.6 is 11.6 Å². The summed E-state index contributed by atoms with van der Waals surface area (Å²) in [5.74, 6) is -0.0337. The van der Waals surface area contributed by atoms with Crippen molar-refractivity contribution in [3.8, 4) is 11.5 Å². The van der Waals surface area contributed by atoms with Crippen LogP contribution in [-0.2, 0) is 14.6 Å². The molecule has 2 aliphatic rings. The number of nitrogens with zero attached hydrogens (tertiary/aromatic N) is 1. The quantitative estimate of drug-likeness (QED) is 0.760. The molecule has 1 amide bonds. The number of hydrogen-bond acceptors (Lipinski definition) is 5. The second-order valence-corrected chi connectivity index (χ2v) is 9.79. The topological polar surface area (TPSA) is 72.9 Å². The molecule has 2 heterocycles. The lowest BCUT2D eigenvalue weighted by atomic mass is 9.80. The largest absolute Gasteiger partial charge is 0.493 e. The highest BCUT2D eigenvalue weighted by Crippen LogP contribution is 2.52. The molecular weight excluding hydrogens is 402 g/mol. The highest BCUT2D eigenvalue weighted by Gasteiger charge is 2.57. The number of ether oxygens (including phenoxy) is 2. The molecule has 1 saturated heterocycles. The molecule has 4 rings (SSSR count). The second kappa shape index (κ2) is 6.39. The Morgan fingerprint density at radius 2 is 1.89 bits per heavy atom. The first-order valence-corrected chi connectivity index (χ1v) is 10.7. The molecule has 0 spiro atoms. The van der Waals surface area contributed by atoms with E-state index in [1.165, 1.54) is 36.3 Å². The third-order valence-electron chi connectivity index (χ3n) is 5.67. The van der Waals surface area contributed by atoms with Crippen molar-refractivity contribution in [1.29, 1.82) is 0 Å². The molecule has 0 saturated carbocycles. The van der Waals surface area contributed by atoms with Crippen LogP contribution in [0.4, 0.5) is 0 Å². The van der Waals surface area contributed by atoms with E-state index in [4.69, 9.17) is 21.1 Å². The Morgan fingerprint density at radius 1 is 1.21 bits per heavy atom. The Morgan fingerprint density at radius 3 is 2.54 bits per heavy atom. The number of likely N-dealkylation sites (tertiary alicyclic amines) is 1. The average molecular weight is 422 g/mol. The van der Waals surface area contributed by atoms with Gasteiger partial charge in [0.15, 0.2) is 32.3 Å². The molecule has 6 nitrogen and oxygen atoms in total. The lowest BCUT2D eigenvalue weighted by molar-refractivity contribution is -0.160. The van der Waals surface area contributed by atoms with Gasteiger partial charge in [0.25, 0.3) is 0 Å². The van der Waals surface area contributed by atoms with Gasteiger partial charge in [0, 0.05) is 30.0 Å². The maximum absolute atomic E-state index is 13.5. The summed E-state index contributed by atoms with van der Waals surface area (Å²) in [6.45, 7) is 1.79. The zero-order valence-corrected chi connectivity index (χ0v) is 17.3.